The number of rotatable bonds is 4. The minimum atomic E-state index is 0.0856. The van der Waals surface area contributed by atoms with Crippen molar-refractivity contribution >= 4 is 0 Å². The first-order valence-electron chi connectivity index (χ1n) is 6.73. The SMILES string of the molecule is CCn1nccc1C(NN)C1C(C)OC(C)C1C. The molecular weight excluding hydrogens is 228 g/mol. The molecule has 5 atom stereocenters. The molecule has 5 heteroatoms. The molecule has 18 heavy (non-hydrogen) atoms. The lowest BCUT2D eigenvalue weighted by atomic mass is 9.82. The Kier molecular flexibility index (Phi) is 4.04. The highest BCUT2D eigenvalue weighted by atomic mass is 16.5. The quantitative estimate of drug-likeness (QED) is 0.629. The molecule has 0 radical (unpaired) electrons. The highest BCUT2D eigenvalue weighted by molar-refractivity contribution is 5.11. The minimum absolute atomic E-state index is 0.0856. The van der Waals surface area contributed by atoms with Gasteiger partial charge in [0.2, 0.25) is 0 Å². The summed E-state index contributed by atoms with van der Waals surface area (Å²) in [7, 11) is 0. The molecule has 2 rings (SSSR count). The van der Waals surface area contributed by atoms with Gasteiger partial charge in [0.1, 0.15) is 0 Å². The number of aryl methyl sites for hydroxylation is 1. The molecular formula is C13H24N4O. The summed E-state index contributed by atoms with van der Waals surface area (Å²) in [5.41, 5.74) is 4.10. The van der Waals surface area contributed by atoms with Crippen molar-refractivity contribution in [2.45, 2.75) is 52.5 Å². The molecule has 2 heterocycles. The van der Waals surface area contributed by atoms with Crippen LogP contribution in [-0.2, 0) is 11.3 Å². The fourth-order valence-corrected chi connectivity index (χ4v) is 3.13. The number of hydrogen-bond acceptors (Lipinski definition) is 4. The first-order valence-corrected chi connectivity index (χ1v) is 6.73. The second kappa shape index (κ2) is 5.38. The van der Waals surface area contributed by atoms with Crippen LogP contribution in [0.3, 0.4) is 0 Å². The van der Waals surface area contributed by atoms with E-state index in [1.54, 1.807) is 0 Å². The van der Waals surface area contributed by atoms with Crippen molar-refractivity contribution in [3.05, 3.63) is 18.0 Å². The molecule has 1 fully saturated rings. The zero-order valence-corrected chi connectivity index (χ0v) is 11.6. The van der Waals surface area contributed by atoms with E-state index >= 15 is 0 Å². The van der Waals surface area contributed by atoms with Crippen LogP contribution < -0.4 is 11.3 Å². The summed E-state index contributed by atoms with van der Waals surface area (Å²) in [6.45, 7) is 9.43. The molecule has 0 saturated carbocycles. The maximum Gasteiger partial charge on any atom is 0.0685 e. The van der Waals surface area contributed by atoms with Gasteiger partial charge in [-0.15, -0.1) is 0 Å². The molecule has 1 aliphatic rings. The second-order valence-electron chi connectivity index (χ2n) is 5.20. The van der Waals surface area contributed by atoms with Gasteiger partial charge in [0, 0.05) is 18.7 Å². The van der Waals surface area contributed by atoms with Crippen molar-refractivity contribution in [1.29, 1.82) is 0 Å². The lowest BCUT2D eigenvalue weighted by Crippen LogP contribution is -2.39. The van der Waals surface area contributed by atoms with Crippen LogP contribution in [0.15, 0.2) is 12.3 Å². The normalized spacial score (nSPS) is 33.8. The Morgan fingerprint density at radius 1 is 1.44 bits per heavy atom. The van der Waals surface area contributed by atoms with Crippen molar-refractivity contribution in [3.8, 4) is 0 Å². The minimum Gasteiger partial charge on any atom is -0.375 e. The van der Waals surface area contributed by atoms with Gasteiger partial charge >= 0.3 is 0 Å². The van der Waals surface area contributed by atoms with Gasteiger partial charge in [-0.2, -0.15) is 5.10 Å². The lowest BCUT2D eigenvalue weighted by molar-refractivity contribution is 0.0471. The van der Waals surface area contributed by atoms with E-state index in [1.807, 2.05) is 16.9 Å². The second-order valence-corrected chi connectivity index (χ2v) is 5.20. The molecule has 5 nitrogen and oxygen atoms in total. The molecule has 0 spiro atoms. The van der Waals surface area contributed by atoms with Gasteiger partial charge in [-0.05, 0) is 32.8 Å². The molecule has 5 unspecified atom stereocenters. The van der Waals surface area contributed by atoms with Gasteiger partial charge in [-0.25, -0.2) is 0 Å². The predicted octanol–water partition coefficient (Wildman–Crippen LogP) is 1.47. The number of aromatic nitrogens is 2. The van der Waals surface area contributed by atoms with Crippen LogP contribution in [0, 0.1) is 11.8 Å². The van der Waals surface area contributed by atoms with E-state index in [9.17, 15) is 0 Å². The Morgan fingerprint density at radius 2 is 2.17 bits per heavy atom. The molecule has 1 aromatic heterocycles. The monoisotopic (exact) mass is 252 g/mol. The van der Waals surface area contributed by atoms with Crippen molar-refractivity contribution in [3.63, 3.8) is 0 Å². The smallest absolute Gasteiger partial charge is 0.0685 e. The highest BCUT2D eigenvalue weighted by Gasteiger charge is 2.42. The number of ether oxygens (including phenoxy) is 1. The Hall–Kier alpha value is -0.910. The number of hydrazine groups is 1. The van der Waals surface area contributed by atoms with E-state index in [0.29, 0.717) is 11.8 Å². The molecule has 0 aromatic carbocycles. The fourth-order valence-electron chi connectivity index (χ4n) is 3.13. The van der Waals surface area contributed by atoms with E-state index in [1.165, 1.54) is 0 Å². The van der Waals surface area contributed by atoms with Gasteiger partial charge in [0.05, 0.1) is 23.9 Å². The molecule has 0 amide bonds. The summed E-state index contributed by atoms with van der Waals surface area (Å²) in [4.78, 5) is 0. The van der Waals surface area contributed by atoms with Crippen LogP contribution in [0.4, 0.5) is 0 Å². The number of nitrogens with one attached hydrogen (secondary N) is 1. The standard InChI is InChI=1S/C13H24N4O/c1-5-17-11(6-7-15-17)13(16-14)12-8(2)9(3)18-10(12)4/h6-10,12-13,16H,5,14H2,1-4H3. The molecule has 0 aliphatic carbocycles. The molecule has 1 aromatic rings. The van der Waals surface area contributed by atoms with Crippen LogP contribution >= 0.6 is 0 Å². The fraction of sp³-hybridized carbons (Fsp3) is 0.769. The molecule has 3 N–H and O–H groups in total. The van der Waals surface area contributed by atoms with E-state index < -0.39 is 0 Å². The largest absolute Gasteiger partial charge is 0.375 e. The number of nitrogens with two attached hydrogens (primary N) is 1. The van der Waals surface area contributed by atoms with Crippen molar-refractivity contribution in [2.75, 3.05) is 0 Å². The van der Waals surface area contributed by atoms with Crippen LogP contribution in [0.25, 0.3) is 0 Å². The number of nitrogens with zero attached hydrogens (tertiary/aromatic N) is 2. The van der Waals surface area contributed by atoms with Crippen LogP contribution in [0.5, 0.6) is 0 Å². The van der Waals surface area contributed by atoms with E-state index in [0.717, 1.165) is 12.2 Å². The molecule has 102 valence electrons. The first kappa shape index (κ1) is 13.5. The van der Waals surface area contributed by atoms with Crippen LogP contribution in [0.2, 0.25) is 0 Å². The summed E-state index contributed by atoms with van der Waals surface area (Å²) >= 11 is 0. The lowest BCUT2D eigenvalue weighted by Gasteiger charge is -2.28. The van der Waals surface area contributed by atoms with Gasteiger partial charge in [-0.1, -0.05) is 6.92 Å². The third-order valence-corrected chi connectivity index (χ3v) is 4.25. The average Bonchev–Trinajstić information content (AvgIpc) is 2.90. The third-order valence-electron chi connectivity index (χ3n) is 4.25. The van der Waals surface area contributed by atoms with E-state index in [2.05, 4.69) is 38.2 Å². The van der Waals surface area contributed by atoms with E-state index in [4.69, 9.17) is 10.6 Å². The highest BCUT2D eigenvalue weighted by Crippen LogP contribution is 2.40. The number of hydrogen-bond donors (Lipinski definition) is 2. The zero-order valence-electron chi connectivity index (χ0n) is 11.6. The zero-order chi connectivity index (χ0) is 13.3. The summed E-state index contributed by atoms with van der Waals surface area (Å²) in [5.74, 6) is 6.63. The van der Waals surface area contributed by atoms with Gasteiger partial charge in [-0.3, -0.25) is 16.0 Å². The van der Waals surface area contributed by atoms with Crippen LogP contribution in [-0.4, -0.2) is 22.0 Å². The third kappa shape index (κ3) is 2.18. The molecule has 1 aliphatic heterocycles. The molecule has 0 bridgehead atoms. The van der Waals surface area contributed by atoms with Crippen LogP contribution in [0.1, 0.15) is 39.4 Å². The summed E-state index contributed by atoms with van der Waals surface area (Å²) < 4.78 is 7.91. The first-order chi connectivity index (χ1) is 8.60. The van der Waals surface area contributed by atoms with E-state index in [-0.39, 0.29) is 18.2 Å². The van der Waals surface area contributed by atoms with Crippen molar-refractivity contribution in [1.82, 2.24) is 15.2 Å². The molecule has 1 saturated heterocycles. The Bertz CT molecular complexity index is 392. The predicted molar refractivity (Wildman–Crippen MR) is 70.6 cm³/mol. The summed E-state index contributed by atoms with van der Waals surface area (Å²) in [6, 6.07) is 2.12. The average molecular weight is 252 g/mol. The Balaban J connectivity index is 2.29. The van der Waals surface area contributed by atoms with Crippen molar-refractivity contribution in [2.24, 2.45) is 17.7 Å². The van der Waals surface area contributed by atoms with Crippen molar-refractivity contribution < 1.29 is 4.74 Å². The van der Waals surface area contributed by atoms with Gasteiger partial charge in [0.15, 0.2) is 0 Å². The Morgan fingerprint density at radius 3 is 2.67 bits per heavy atom. The van der Waals surface area contributed by atoms with Gasteiger partial charge < -0.3 is 4.74 Å². The van der Waals surface area contributed by atoms with Gasteiger partial charge in [0.25, 0.3) is 0 Å². The summed E-state index contributed by atoms with van der Waals surface area (Å²) in [6.07, 6.45) is 2.31. The summed E-state index contributed by atoms with van der Waals surface area (Å²) in [5, 5.41) is 4.32. The maximum absolute atomic E-state index is 5.92. The maximum atomic E-state index is 5.92. The Labute approximate surface area is 109 Å². The topological polar surface area (TPSA) is 65.1 Å².